The minimum absolute atomic E-state index is 0.709. The maximum Gasteiger partial charge on any atom is 0.173 e. The van der Waals surface area contributed by atoms with Crippen molar-refractivity contribution in [2.24, 2.45) is 5.92 Å². The third-order valence-electron chi connectivity index (χ3n) is 6.76. The number of anilines is 1. The highest BCUT2D eigenvalue weighted by molar-refractivity contribution is 7.80. The van der Waals surface area contributed by atoms with Crippen LogP contribution in [0.3, 0.4) is 0 Å². The number of piperidine rings is 1. The molecule has 0 spiro atoms. The first-order valence-corrected chi connectivity index (χ1v) is 10.7. The van der Waals surface area contributed by atoms with Crippen LogP contribution in [0.1, 0.15) is 56.6 Å². The molecule has 1 saturated heterocycles. The number of nitrogens with zero attached hydrogens (tertiary/aromatic N) is 2. The molecule has 2 aliphatic rings. The van der Waals surface area contributed by atoms with Crippen molar-refractivity contribution < 1.29 is 0 Å². The summed E-state index contributed by atoms with van der Waals surface area (Å²) >= 11 is 5.71. The van der Waals surface area contributed by atoms with Gasteiger partial charge in [-0.15, -0.1) is 0 Å². The summed E-state index contributed by atoms with van der Waals surface area (Å²) in [6.07, 6.45) is 8.04. The molecule has 1 N–H and O–H groups in total. The second-order valence-electron chi connectivity index (χ2n) is 8.39. The molecular formula is C22H35N3S. The van der Waals surface area contributed by atoms with E-state index >= 15 is 0 Å². The Bertz CT molecular complexity index is 622. The Morgan fingerprint density at radius 3 is 2.50 bits per heavy atom. The van der Waals surface area contributed by atoms with E-state index in [9.17, 15) is 0 Å². The first-order valence-electron chi connectivity index (χ1n) is 10.3. The van der Waals surface area contributed by atoms with Crippen LogP contribution in [0.15, 0.2) is 18.2 Å². The number of aryl methyl sites for hydroxylation is 1. The summed E-state index contributed by atoms with van der Waals surface area (Å²) in [4.78, 5) is 5.05. The molecule has 4 heteroatoms. The second kappa shape index (κ2) is 8.71. The summed E-state index contributed by atoms with van der Waals surface area (Å²) in [7, 11) is 2.36. The summed E-state index contributed by atoms with van der Waals surface area (Å²) in [6, 6.07) is 7.86. The fourth-order valence-corrected chi connectivity index (χ4v) is 5.02. The van der Waals surface area contributed by atoms with Crippen molar-refractivity contribution in [3.05, 3.63) is 29.3 Å². The van der Waals surface area contributed by atoms with Crippen LogP contribution in [0.5, 0.6) is 0 Å². The van der Waals surface area contributed by atoms with Crippen LogP contribution in [0.2, 0.25) is 0 Å². The summed E-state index contributed by atoms with van der Waals surface area (Å²) < 4.78 is 0. The Hall–Kier alpha value is -1.13. The minimum atomic E-state index is 0.709. The van der Waals surface area contributed by atoms with E-state index < -0.39 is 0 Å². The van der Waals surface area contributed by atoms with Crippen molar-refractivity contribution in [3.8, 4) is 0 Å². The van der Waals surface area contributed by atoms with Crippen molar-refractivity contribution in [2.45, 2.75) is 71.4 Å². The van der Waals surface area contributed by atoms with Crippen molar-refractivity contribution in [2.75, 3.05) is 25.5 Å². The topological polar surface area (TPSA) is 18.5 Å². The molecule has 1 aromatic carbocycles. The van der Waals surface area contributed by atoms with Gasteiger partial charge in [-0.3, -0.25) is 0 Å². The van der Waals surface area contributed by atoms with Gasteiger partial charge >= 0.3 is 0 Å². The molecule has 3 rings (SSSR count). The first-order chi connectivity index (χ1) is 12.5. The Kier molecular flexibility index (Phi) is 6.57. The van der Waals surface area contributed by atoms with E-state index in [0.717, 1.165) is 35.8 Å². The molecule has 144 valence electrons. The van der Waals surface area contributed by atoms with E-state index in [-0.39, 0.29) is 0 Å². The van der Waals surface area contributed by atoms with E-state index in [2.05, 4.69) is 61.1 Å². The van der Waals surface area contributed by atoms with Gasteiger partial charge in [-0.2, -0.15) is 0 Å². The van der Waals surface area contributed by atoms with Crippen molar-refractivity contribution >= 4 is 23.0 Å². The van der Waals surface area contributed by atoms with E-state index in [1.54, 1.807) is 0 Å². The van der Waals surface area contributed by atoms with Gasteiger partial charge in [-0.05, 0) is 81.9 Å². The summed E-state index contributed by atoms with van der Waals surface area (Å²) in [5.74, 6) is 0.846. The number of thiocarbonyl (C=S) groups is 1. The van der Waals surface area contributed by atoms with Gasteiger partial charge < -0.3 is 15.1 Å². The molecule has 2 fully saturated rings. The molecule has 1 heterocycles. The lowest BCUT2D eigenvalue weighted by atomic mass is 9.84. The maximum absolute atomic E-state index is 5.71. The van der Waals surface area contributed by atoms with Crippen molar-refractivity contribution in [1.29, 1.82) is 0 Å². The minimum Gasteiger partial charge on any atom is -0.349 e. The number of hydrogen-bond donors (Lipinski definition) is 1. The molecule has 0 amide bonds. The monoisotopic (exact) mass is 373 g/mol. The average molecular weight is 374 g/mol. The summed E-state index contributed by atoms with van der Waals surface area (Å²) in [5, 5.41) is 4.36. The molecule has 1 saturated carbocycles. The molecule has 26 heavy (non-hydrogen) atoms. The number of rotatable bonds is 3. The quantitative estimate of drug-likeness (QED) is 0.753. The van der Waals surface area contributed by atoms with Gasteiger partial charge in [-0.25, -0.2) is 0 Å². The molecular weight excluding hydrogens is 338 g/mol. The van der Waals surface area contributed by atoms with Crippen LogP contribution in [-0.4, -0.2) is 47.1 Å². The number of hydrogen-bond acceptors (Lipinski definition) is 2. The molecule has 2 atom stereocenters. The highest BCUT2D eigenvalue weighted by Gasteiger charge is 2.31. The molecule has 1 aliphatic heterocycles. The Balaban J connectivity index is 1.53. The number of nitrogens with one attached hydrogen (secondary N) is 1. The molecule has 0 radical (unpaired) electrons. The highest BCUT2D eigenvalue weighted by Crippen LogP contribution is 2.30. The summed E-state index contributed by atoms with van der Waals surface area (Å²) in [5.41, 5.74) is 3.74. The third kappa shape index (κ3) is 4.40. The van der Waals surface area contributed by atoms with Crippen molar-refractivity contribution in [3.63, 3.8) is 0 Å². The van der Waals surface area contributed by atoms with Gasteiger partial charge in [0.15, 0.2) is 5.11 Å². The lowest BCUT2D eigenvalue weighted by Crippen LogP contribution is -2.51. The van der Waals surface area contributed by atoms with Crippen LogP contribution in [-0.2, 0) is 0 Å². The molecule has 0 aromatic heterocycles. The van der Waals surface area contributed by atoms with E-state index in [4.69, 9.17) is 12.2 Å². The predicted molar refractivity (Wildman–Crippen MR) is 116 cm³/mol. The zero-order valence-corrected chi connectivity index (χ0v) is 17.7. The SMILES string of the molecule is Cc1cccc(NC(=S)N2CCC(N(C)[C@H]3CCCC[C@@H]3C)CC2)c1C. The van der Waals surface area contributed by atoms with Gasteiger partial charge in [0, 0.05) is 30.9 Å². The largest absolute Gasteiger partial charge is 0.349 e. The third-order valence-corrected chi connectivity index (χ3v) is 7.12. The summed E-state index contributed by atoms with van der Waals surface area (Å²) in [6.45, 7) is 8.88. The first kappa shape index (κ1) is 19.6. The zero-order valence-electron chi connectivity index (χ0n) is 16.9. The van der Waals surface area contributed by atoms with Gasteiger partial charge in [0.25, 0.3) is 0 Å². The van der Waals surface area contributed by atoms with Gasteiger partial charge in [0.2, 0.25) is 0 Å². The Morgan fingerprint density at radius 1 is 1.12 bits per heavy atom. The van der Waals surface area contributed by atoms with E-state index in [1.165, 1.54) is 49.7 Å². The van der Waals surface area contributed by atoms with Crippen LogP contribution in [0.4, 0.5) is 5.69 Å². The lowest BCUT2D eigenvalue weighted by molar-refractivity contribution is 0.0691. The standard InChI is InChI=1S/C22H35N3S/c1-16-9-7-10-20(18(16)3)23-22(26)25-14-12-19(13-15-25)24(4)21-11-6-5-8-17(21)2/h7,9-10,17,19,21H,5-6,8,11-15H2,1-4H3,(H,23,26)/t17-,21-/m0/s1. The predicted octanol–water partition coefficient (Wildman–Crippen LogP) is 4.98. The Morgan fingerprint density at radius 2 is 1.81 bits per heavy atom. The zero-order chi connectivity index (χ0) is 18.7. The molecule has 0 bridgehead atoms. The fraction of sp³-hybridized carbons (Fsp3) is 0.682. The molecule has 1 aromatic rings. The van der Waals surface area contributed by atoms with Crippen LogP contribution in [0, 0.1) is 19.8 Å². The fourth-order valence-electron chi connectivity index (χ4n) is 4.73. The van der Waals surface area contributed by atoms with E-state index in [1.807, 2.05) is 0 Å². The van der Waals surface area contributed by atoms with Crippen molar-refractivity contribution in [1.82, 2.24) is 9.80 Å². The smallest absolute Gasteiger partial charge is 0.173 e. The van der Waals surface area contributed by atoms with Crippen LogP contribution < -0.4 is 5.32 Å². The van der Waals surface area contributed by atoms with Crippen LogP contribution >= 0.6 is 12.2 Å². The van der Waals surface area contributed by atoms with Crippen LogP contribution in [0.25, 0.3) is 0 Å². The number of likely N-dealkylation sites (tertiary alicyclic amines) is 1. The lowest BCUT2D eigenvalue weighted by Gasteiger charge is -2.44. The Labute approximate surface area is 165 Å². The highest BCUT2D eigenvalue weighted by atomic mass is 32.1. The maximum atomic E-state index is 5.71. The average Bonchev–Trinajstić information content (AvgIpc) is 2.65. The van der Waals surface area contributed by atoms with E-state index in [0.29, 0.717) is 6.04 Å². The normalized spacial score (nSPS) is 24.7. The van der Waals surface area contributed by atoms with Gasteiger partial charge in [-0.1, -0.05) is 31.9 Å². The number of benzene rings is 1. The molecule has 3 nitrogen and oxygen atoms in total. The van der Waals surface area contributed by atoms with Gasteiger partial charge in [0.05, 0.1) is 0 Å². The van der Waals surface area contributed by atoms with Gasteiger partial charge in [0.1, 0.15) is 0 Å². The molecule has 0 unspecified atom stereocenters. The second-order valence-corrected chi connectivity index (χ2v) is 8.78. The molecule has 1 aliphatic carbocycles.